The fourth-order valence-corrected chi connectivity index (χ4v) is 3.87. The SMILES string of the molecule is O=C(CN1C(c2ccccc2)=C[C@H](c2ccc(Cl)cc2)n2nnnc21)Nc1ccccc1. The molecule has 1 atom stereocenters. The second kappa shape index (κ2) is 8.64. The molecule has 5 rings (SSSR count). The number of allylic oxidation sites excluding steroid dienone is 1. The van der Waals surface area contributed by atoms with Crippen LogP contribution in [0.1, 0.15) is 17.2 Å². The Labute approximate surface area is 189 Å². The van der Waals surface area contributed by atoms with E-state index >= 15 is 0 Å². The highest BCUT2D eigenvalue weighted by Crippen LogP contribution is 2.36. The Morgan fingerprint density at radius 2 is 1.62 bits per heavy atom. The molecular formula is C24H19ClN6O. The number of para-hydroxylation sites is 1. The molecule has 0 saturated carbocycles. The van der Waals surface area contributed by atoms with Gasteiger partial charge in [-0.15, -0.1) is 0 Å². The lowest BCUT2D eigenvalue weighted by Gasteiger charge is -2.32. The minimum Gasteiger partial charge on any atom is -0.325 e. The van der Waals surface area contributed by atoms with Gasteiger partial charge in [-0.1, -0.05) is 77.4 Å². The molecule has 0 spiro atoms. The van der Waals surface area contributed by atoms with Crippen LogP contribution in [-0.2, 0) is 4.79 Å². The second-order valence-corrected chi connectivity index (χ2v) is 7.77. The van der Waals surface area contributed by atoms with Gasteiger partial charge in [0.1, 0.15) is 12.6 Å². The van der Waals surface area contributed by atoms with Crippen molar-refractivity contribution in [3.8, 4) is 0 Å². The van der Waals surface area contributed by atoms with Gasteiger partial charge in [0, 0.05) is 10.7 Å². The number of hydrogen-bond acceptors (Lipinski definition) is 5. The first-order chi connectivity index (χ1) is 15.7. The monoisotopic (exact) mass is 442 g/mol. The number of carbonyl (C=O) groups excluding carboxylic acids is 1. The van der Waals surface area contributed by atoms with Crippen LogP contribution in [0.4, 0.5) is 11.6 Å². The number of anilines is 2. The van der Waals surface area contributed by atoms with Gasteiger partial charge in [0.2, 0.25) is 5.91 Å². The van der Waals surface area contributed by atoms with E-state index in [2.05, 4.69) is 26.9 Å². The molecule has 0 saturated heterocycles. The van der Waals surface area contributed by atoms with Gasteiger partial charge in [0.25, 0.3) is 5.95 Å². The number of nitrogens with one attached hydrogen (secondary N) is 1. The summed E-state index contributed by atoms with van der Waals surface area (Å²) in [7, 11) is 0. The average Bonchev–Trinajstić information content (AvgIpc) is 3.31. The Bertz CT molecular complexity index is 1250. The molecule has 0 fully saturated rings. The fraction of sp³-hybridized carbons (Fsp3) is 0.0833. The third kappa shape index (κ3) is 3.98. The Balaban J connectivity index is 1.54. The standard InChI is InChI=1S/C24H19ClN6O/c25-19-13-11-18(12-14-19)22-15-21(17-7-3-1-4-8-17)30(24-27-28-29-31(22)24)16-23(32)26-20-9-5-2-6-10-20/h1-15,22H,16H2,(H,26,32)/t22-/m1/s1. The molecule has 2 heterocycles. The second-order valence-electron chi connectivity index (χ2n) is 7.34. The summed E-state index contributed by atoms with van der Waals surface area (Å²) >= 11 is 6.09. The summed E-state index contributed by atoms with van der Waals surface area (Å²) in [6, 6.07) is 26.6. The number of nitrogens with zero attached hydrogens (tertiary/aromatic N) is 5. The molecule has 158 valence electrons. The third-order valence-electron chi connectivity index (χ3n) is 5.23. The molecule has 0 unspecified atom stereocenters. The van der Waals surface area contributed by atoms with Gasteiger partial charge < -0.3 is 5.32 Å². The van der Waals surface area contributed by atoms with Gasteiger partial charge >= 0.3 is 0 Å². The number of aromatic nitrogens is 4. The summed E-state index contributed by atoms with van der Waals surface area (Å²) in [5.41, 5.74) is 3.55. The molecule has 1 aliphatic rings. The van der Waals surface area contributed by atoms with Crippen LogP contribution in [0.15, 0.2) is 91.0 Å². The first-order valence-electron chi connectivity index (χ1n) is 10.1. The number of halogens is 1. The number of benzene rings is 3. The fourth-order valence-electron chi connectivity index (χ4n) is 3.74. The summed E-state index contributed by atoms with van der Waals surface area (Å²) in [5, 5.41) is 15.9. The number of hydrogen-bond donors (Lipinski definition) is 1. The Kier molecular flexibility index (Phi) is 5.39. The lowest BCUT2D eigenvalue weighted by molar-refractivity contribution is -0.114. The molecular weight excluding hydrogens is 424 g/mol. The van der Waals surface area contributed by atoms with Crippen molar-refractivity contribution in [2.45, 2.75) is 6.04 Å². The molecule has 1 N–H and O–H groups in total. The van der Waals surface area contributed by atoms with E-state index in [-0.39, 0.29) is 18.5 Å². The van der Waals surface area contributed by atoms with Gasteiger partial charge in [-0.3, -0.25) is 9.69 Å². The Morgan fingerprint density at radius 3 is 2.34 bits per heavy atom. The molecule has 0 radical (unpaired) electrons. The maximum absolute atomic E-state index is 12.9. The molecule has 3 aromatic carbocycles. The van der Waals surface area contributed by atoms with Crippen LogP contribution < -0.4 is 10.2 Å². The van der Waals surface area contributed by atoms with E-state index in [4.69, 9.17) is 11.6 Å². The highest BCUT2D eigenvalue weighted by molar-refractivity contribution is 6.30. The van der Waals surface area contributed by atoms with Crippen LogP contribution >= 0.6 is 11.6 Å². The van der Waals surface area contributed by atoms with E-state index in [1.165, 1.54) is 0 Å². The van der Waals surface area contributed by atoms with Gasteiger partial charge in [0.05, 0.1) is 5.70 Å². The molecule has 0 bridgehead atoms. The molecule has 1 aliphatic heterocycles. The van der Waals surface area contributed by atoms with Gasteiger partial charge in [0.15, 0.2) is 0 Å². The highest BCUT2D eigenvalue weighted by Gasteiger charge is 2.31. The van der Waals surface area contributed by atoms with E-state index in [1.54, 1.807) is 4.68 Å². The molecule has 4 aromatic rings. The smallest absolute Gasteiger partial charge is 0.251 e. The lowest BCUT2D eigenvalue weighted by atomic mass is 10.0. The number of carbonyl (C=O) groups is 1. The normalized spacial score (nSPS) is 15.1. The number of amides is 1. The van der Waals surface area contributed by atoms with E-state index in [1.807, 2.05) is 89.8 Å². The molecule has 7 nitrogen and oxygen atoms in total. The van der Waals surface area contributed by atoms with Crippen LogP contribution in [0.25, 0.3) is 5.70 Å². The Morgan fingerprint density at radius 1 is 0.938 bits per heavy atom. The van der Waals surface area contributed by atoms with Crippen molar-refractivity contribution in [1.29, 1.82) is 0 Å². The average molecular weight is 443 g/mol. The van der Waals surface area contributed by atoms with Crippen molar-refractivity contribution < 1.29 is 4.79 Å². The predicted molar refractivity (Wildman–Crippen MR) is 124 cm³/mol. The zero-order valence-electron chi connectivity index (χ0n) is 17.0. The largest absolute Gasteiger partial charge is 0.325 e. The third-order valence-corrected chi connectivity index (χ3v) is 5.48. The van der Waals surface area contributed by atoms with Crippen LogP contribution in [-0.4, -0.2) is 32.7 Å². The minimum absolute atomic E-state index is 0.0589. The van der Waals surface area contributed by atoms with E-state index in [0.29, 0.717) is 11.0 Å². The van der Waals surface area contributed by atoms with Gasteiger partial charge in [-0.25, -0.2) is 0 Å². The van der Waals surface area contributed by atoms with Crippen molar-refractivity contribution in [2.24, 2.45) is 0 Å². The van der Waals surface area contributed by atoms with Crippen LogP contribution in [0, 0.1) is 0 Å². The van der Waals surface area contributed by atoms with Crippen molar-refractivity contribution in [1.82, 2.24) is 20.2 Å². The van der Waals surface area contributed by atoms with Crippen molar-refractivity contribution in [3.63, 3.8) is 0 Å². The first kappa shape index (κ1) is 20.0. The maximum atomic E-state index is 12.9. The molecule has 1 amide bonds. The van der Waals surface area contributed by atoms with Crippen molar-refractivity contribution in [2.75, 3.05) is 16.8 Å². The van der Waals surface area contributed by atoms with Crippen LogP contribution in [0.2, 0.25) is 5.02 Å². The topological polar surface area (TPSA) is 75.9 Å². The maximum Gasteiger partial charge on any atom is 0.251 e. The van der Waals surface area contributed by atoms with Crippen LogP contribution in [0.5, 0.6) is 0 Å². The molecule has 8 heteroatoms. The lowest BCUT2D eigenvalue weighted by Crippen LogP contribution is -2.37. The summed E-state index contributed by atoms with van der Waals surface area (Å²) in [6.45, 7) is 0.0589. The van der Waals surface area contributed by atoms with Gasteiger partial charge in [-0.05, 0) is 51.9 Å². The number of rotatable bonds is 5. The van der Waals surface area contributed by atoms with E-state index in [9.17, 15) is 4.79 Å². The van der Waals surface area contributed by atoms with Gasteiger partial charge in [-0.2, -0.15) is 4.68 Å². The molecule has 32 heavy (non-hydrogen) atoms. The predicted octanol–water partition coefficient (Wildman–Crippen LogP) is 4.42. The summed E-state index contributed by atoms with van der Waals surface area (Å²) in [5.74, 6) is 0.326. The molecule has 1 aromatic heterocycles. The van der Waals surface area contributed by atoms with E-state index < -0.39 is 0 Å². The summed E-state index contributed by atoms with van der Waals surface area (Å²) < 4.78 is 1.71. The minimum atomic E-state index is -0.235. The summed E-state index contributed by atoms with van der Waals surface area (Å²) in [6.07, 6.45) is 2.07. The Hall–Kier alpha value is -3.97. The number of fused-ring (bicyclic) bond motifs is 1. The van der Waals surface area contributed by atoms with E-state index in [0.717, 1.165) is 22.5 Å². The highest BCUT2D eigenvalue weighted by atomic mass is 35.5. The zero-order valence-corrected chi connectivity index (χ0v) is 17.7. The zero-order chi connectivity index (χ0) is 21.9. The number of tetrazole rings is 1. The first-order valence-corrected chi connectivity index (χ1v) is 10.5. The van der Waals surface area contributed by atoms with Crippen molar-refractivity contribution >= 4 is 34.8 Å². The van der Waals surface area contributed by atoms with Crippen molar-refractivity contribution in [3.05, 3.63) is 107 Å². The quantitative estimate of drug-likeness (QED) is 0.495. The summed E-state index contributed by atoms with van der Waals surface area (Å²) in [4.78, 5) is 14.7. The van der Waals surface area contributed by atoms with Crippen LogP contribution in [0.3, 0.4) is 0 Å². The molecule has 0 aliphatic carbocycles.